The number of nitrogens with zero attached hydrogens (tertiary/aromatic N) is 2. The Labute approximate surface area is 275 Å². The summed E-state index contributed by atoms with van der Waals surface area (Å²) in [6, 6.07) is 11.4. The second-order valence-electron chi connectivity index (χ2n) is 11.6. The number of hydrogen-bond acceptors (Lipinski definition) is 7. The van der Waals surface area contributed by atoms with E-state index in [0.717, 1.165) is 21.9 Å². The number of hydrogen-bond donors (Lipinski definition) is 1. The number of phenolic OH excluding ortho intramolecular Hbond substituents is 1. The minimum absolute atomic E-state index is 0.00393. The number of carbonyl (C=O) groups excluding carboxylic acids is 4. The number of thiophene rings is 1. The SMILES string of the molecule is COc1cc(C2C3=CCC4C(=O)N(Cc5cccs5)C(=O)C4C3CC3(Cl)C(=O)N(c4ccc(F)cc4)C(=O)C23Cl)cc(Cl)c1O. The fourth-order valence-corrected chi connectivity index (χ4v) is 9.31. The molecule has 1 N–H and O–H groups in total. The summed E-state index contributed by atoms with van der Waals surface area (Å²) >= 11 is 22.6. The predicted octanol–water partition coefficient (Wildman–Crippen LogP) is 6.02. The first kappa shape index (κ1) is 30.2. The third kappa shape index (κ3) is 4.15. The van der Waals surface area contributed by atoms with Gasteiger partial charge in [0.05, 0.1) is 36.2 Å². The van der Waals surface area contributed by atoms with Crippen LogP contribution < -0.4 is 9.64 Å². The van der Waals surface area contributed by atoms with Gasteiger partial charge in [-0.25, -0.2) is 9.29 Å². The second-order valence-corrected chi connectivity index (χ2v) is 14.3. The zero-order chi connectivity index (χ0) is 32.0. The first-order valence-corrected chi connectivity index (χ1v) is 16.1. The molecule has 3 aromatic rings. The van der Waals surface area contributed by atoms with Gasteiger partial charge in [-0.05, 0) is 72.2 Å². The summed E-state index contributed by atoms with van der Waals surface area (Å²) in [5.74, 6) is -6.68. The molecule has 0 radical (unpaired) electrons. The maximum atomic E-state index is 14.4. The number of aromatic hydroxyl groups is 1. The van der Waals surface area contributed by atoms with Crippen molar-refractivity contribution in [3.05, 3.63) is 86.8 Å². The highest BCUT2D eigenvalue weighted by molar-refractivity contribution is 7.09. The predicted molar refractivity (Wildman–Crippen MR) is 166 cm³/mol. The Hall–Kier alpha value is -3.44. The molecule has 3 heterocycles. The van der Waals surface area contributed by atoms with E-state index in [2.05, 4.69) is 0 Å². The number of alkyl halides is 2. The van der Waals surface area contributed by atoms with Crippen LogP contribution in [0.25, 0.3) is 0 Å². The highest BCUT2D eigenvalue weighted by Crippen LogP contribution is 2.66. The molecule has 45 heavy (non-hydrogen) atoms. The summed E-state index contributed by atoms with van der Waals surface area (Å²) in [6.07, 6.45) is 1.80. The lowest BCUT2D eigenvalue weighted by atomic mass is 9.56. The number of halogens is 4. The number of methoxy groups -OCH3 is 1. The molecule has 3 fully saturated rings. The number of benzene rings is 2. The van der Waals surface area contributed by atoms with E-state index < -0.39 is 51.1 Å². The summed E-state index contributed by atoms with van der Waals surface area (Å²) in [6.45, 7) is 0.125. The van der Waals surface area contributed by atoms with Crippen molar-refractivity contribution in [2.75, 3.05) is 12.0 Å². The largest absolute Gasteiger partial charge is 0.503 e. The highest BCUT2D eigenvalue weighted by atomic mass is 35.5. The van der Waals surface area contributed by atoms with Crippen molar-refractivity contribution in [1.82, 2.24) is 4.90 Å². The highest BCUT2D eigenvalue weighted by Gasteiger charge is 2.76. The van der Waals surface area contributed by atoms with Gasteiger partial charge in [-0.3, -0.25) is 24.1 Å². The Morgan fingerprint density at radius 2 is 1.78 bits per heavy atom. The lowest BCUT2D eigenvalue weighted by Gasteiger charge is -2.50. The van der Waals surface area contributed by atoms with Crippen LogP contribution in [0.3, 0.4) is 0 Å². The van der Waals surface area contributed by atoms with Crippen LogP contribution in [0.1, 0.15) is 29.2 Å². The number of rotatable bonds is 5. The van der Waals surface area contributed by atoms with Gasteiger partial charge in [-0.2, -0.15) is 0 Å². The molecule has 2 aliphatic carbocycles. The van der Waals surface area contributed by atoms with Crippen molar-refractivity contribution in [2.45, 2.75) is 35.1 Å². The van der Waals surface area contributed by atoms with Crippen LogP contribution >= 0.6 is 46.1 Å². The smallest absolute Gasteiger partial charge is 0.258 e. The van der Waals surface area contributed by atoms with Gasteiger partial charge in [0.1, 0.15) is 5.82 Å². The second kappa shape index (κ2) is 10.6. The van der Waals surface area contributed by atoms with E-state index in [4.69, 9.17) is 39.5 Å². The number of carbonyl (C=O) groups is 4. The zero-order valence-corrected chi connectivity index (χ0v) is 26.6. The van der Waals surface area contributed by atoms with Crippen LogP contribution in [-0.4, -0.2) is 50.5 Å². The van der Waals surface area contributed by atoms with Gasteiger partial charge in [0.2, 0.25) is 11.8 Å². The van der Waals surface area contributed by atoms with Crippen molar-refractivity contribution < 1.29 is 33.4 Å². The summed E-state index contributed by atoms with van der Waals surface area (Å²) in [5.41, 5.74) is 0.955. The molecule has 4 aliphatic rings. The fourth-order valence-electron chi connectivity index (χ4n) is 7.47. The Bertz CT molecular complexity index is 1820. The summed E-state index contributed by atoms with van der Waals surface area (Å²) < 4.78 is 19.2. The molecule has 2 aromatic carbocycles. The van der Waals surface area contributed by atoms with Gasteiger partial charge in [0.15, 0.2) is 21.2 Å². The quantitative estimate of drug-likeness (QED) is 0.200. The third-order valence-electron chi connectivity index (χ3n) is 9.49. The van der Waals surface area contributed by atoms with Gasteiger partial charge in [0, 0.05) is 10.8 Å². The minimum Gasteiger partial charge on any atom is -0.503 e. The molecule has 0 bridgehead atoms. The molecular weight excluding hydrogens is 666 g/mol. The summed E-state index contributed by atoms with van der Waals surface area (Å²) in [5, 5.41) is 12.3. The van der Waals surface area contributed by atoms with Crippen LogP contribution in [0.4, 0.5) is 10.1 Å². The van der Waals surface area contributed by atoms with Crippen molar-refractivity contribution in [2.24, 2.45) is 17.8 Å². The number of ether oxygens (including phenoxy) is 1. The van der Waals surface area contributed by atoms with Gasteiger partial charge < -0.3 is 9.84 Å². The van der Waals surface area contributed by atoms with E-state index in [1.165, 1.54) is 47.6 Å². The van der Waals surface area contributed by atoms with Crippen molar-refractivity contribution in [1.29, 1.82) is 0 Å². The molecule has 2 saturated heterocycles. The Morgan fingerprint density at radius 3 is 2.44 bits per heavy atom. The van der Waals surface area contributed by atoms with Crippen LogP contribution in [0.5, 0.6) is 11.5 Å². The van der Waals surface area contributed by atoms with Gasteiger partial charge >= 0.3 is 0 Å². The molecule has 6 atom stereocenters. The number of phenols is 1. The average molecular weight is 690 g/mol. The lowest BCUT2D eigenvalue weighted by Crippen LogP contribution is -2.60. The van der Waals surface area contributed by atoms with E-state index in [1.54, 1.807) is 0 Å². The Morgan fingerprint density at radius 1 is 1.04 bits per heavy atom. The average Bonchev–Trinajstić information content (AvgIpc) is 3.66. The zero-order valence-electron chi connectivity index (χ0n) is 23.5. The molecule has 232 valence electrons. The topological polar surface area (TPSA) is 104 Å². The van der Waals surface area contributed by atoms with E-state index in [-0.39, 0.29) is 53.4 Å². The summed E-state index contributed by atoms with van der Waals surface area (Å²) in [4.78, 5) is 55.1. The Kier molecular flexibility index (Phi) is 7.09. The number of amides is 4. The molecule has 0 spiro atoms. The van der Waals surface area contributed by atoms with Crippen molar-refractivity contribution >= 4 is 75.5 Å². The maximum Gasteiger partial charge on any atom is 0.258 e. The molecule has 2 aliphatic heterocycles. The number of imide groups is 2. The number of likely N-dealkylation sites (tertiary alicyclic amines) is 1. The maximum absolute atomic E-state index is 14.4. The lowest BCUT2D eigenvalue weighted by molar-refractivity contribution is -0.141. The van der Waals surface area contributed by atoms with E-state index in [1.807, 2.05) is 23.6 Å². The molecule has 13 heteroatoms. The first-order chi connectivity index (χ1) is 21.4. The molecule has 1 aromatic heterocycles. The van der Waals surface area contributed by atoms with Crippen LogP contribution in [0.2, 0.25) is 5.02 Å². The summed E-state index contributed by atoms with van der Waals surface area (Å²) in [7, 11) is 1.33. The van der Waals surface area contributed by atoms with E-state index in [0.29, 0.717) is 11.1 Å². The van der Waals surface area contributed by atoms with Crippen LogP contribution in [0, 0.1) is 23.6 Å². The van der Waals surface area contributed by atoms with Gasteiger partial charge in [-0.15, -0.1) is 34.5 Å². The van der Waals surface area contributed by atoms with E-state index >= 15 is 0 Å². The first-order valence-electron chi connectivity index (χ1n) is 14.1. The standard InChI is InChI=1S/C32H24Cl3FN2O6S/c1-44-23-12-15(11-22(33)26(23)39)25-19-8-9-20-24(28(41)37(27(20)40)14-18-3-2-10-45-18)21(19)13-31(34)29(42)38(30(43)32(25,31)35)17-6-4-16(36)5-7-17/h2-8,10-12,20-21,24-25,39H,9,13-14H2,1H3. The number of anilines is 1. The normalized spacial score (nSPS) is 30.7. The van der Waals surface area contributed by atoms with Crippen LogP contribution in [-0.2, 0) is 25.7 Å². The molecule has 8 nitrogen and oxygen atoms in total. The number of allylic oxidation sites excluding steroid dienone is 2. The monoisotopic (exact) mass is 688 g/mol. The molecule has 6 unspecified atom stereocenters. The molecular formula is C32H24Cl3FN2O6S. The Balaban J connectivity index is 1.40. The minimum atomic E-state index is -2.14. The molecule has 7 rings (SSSR count). The van der Waals surface area contributed by atoms with Crippen molar-refractivity contribution in [3.8, 4) is 11.5 Å². The third-order valence-corrected chi connectivity index (χ3v) is 12.0. The van der Waals surface area contributed by atoms with Crippen LogP contribution in [0.15, 0.2) is 65.6 Å². The number of fused-ring (bicyclic) bond motifs is 4. The van der Waals surface area contributed by atoms with Gasteiger partial charge in [0.25, 0.3) is 11.8 Å². The van der Waals surface area contributed by atoms with Gasteiger partial charge in [-0.1, -0.05) is 29.3 Å². The van der Waals surface area contributed by atoms with E-state index in [9.17, 15) is 28.7 Å². The van der Waals surface area contributed by atoms with Crippen molar-refractivity contribution in [3.63, 3.8) is 0 Å². The molecule has 4 amide bonds. The fraction of sp³-hybridized carbons (Fsp3) is 0.312. The molecule has 1 saturated carbocycles.